The van der Waals surface area contributed by atoms with Gasteiger partial charge in [0, 0.05) is 23.1 Å². The normalized spacial score (nSPS) is 30.8. The number of hydrogen-bond donors (Lipinski definition) is 2. The van der Waals surface area contributed by atoms with Gasteiger partial charge in [0.2, 0.25) is 5.91 Å². The zero-order chi connectivity index (χ0) is 29.9. The molecule has 2 bridgehead atoms. The lowest BCUT2D eigenvalue weighted by atomic mass is 9.76. The van der Waals surface area contributed by atoms with Crippen LogP contribution in [0.2, 0.25) is 0 Å². The van der Waals surface area contributed by atoms with Crippen LogP contribution >= 0.6 is 0 Å². The van der Waals surface area contributed by atoms with E-state index in [1.165, 1.54) is 4.90 Å². The molecule has 11 heteroatoms. The molecular weight excluding hydrogens is 572 g/mol. The van der Waals surface area contributed by atoms with E-state index in [4.69, 9.17) is 5.73 Å². The first-order chi connectivity index (χ1) is 19.9. The fraction of sp³-hybridized carbons (Fsp3) is 0.438. The van der Waals surface area contributed by atoms with E-state index < -0.39 is 29.9 Å². The molecule has 2 aromatic carbocycles. The molecule has 226 valence electrons. The van der Waals surface area contributed by atoms with Gasteiger partial charge in [-0.3, -0.25) is 18.9 Å². The quantitative estimate of drug-likeness (QED) is 0.229. The molecule has 0 radical (unpaired) electrons. The zero-order valence-electron chi connectivity index (χ0n) is 24.4. The molecule has 2 amide bonds. The summed E-state index contributed by atoms with van der Waals surface area (Å²) in [5.41, 5.74) is 11.2. The number of nitrogens with zero attached hydrogens (tertiary/aromatic N) is 3. The number of carbonyl (C=O) groups is 4. The molecule has 43 heavy (non-hydrogen) atoms. The Morgan fingerprint density at radius 1 is 1.05 bits per heavy atom. The molecule has 4 fully saturated rings. The number of quaternary nitrogens is 2. The third-order valence-corrected chi connectivity index (χ3v) is 10.8. The van der Waals surface area contributed by atoms with Crippen LogP contribution in [-0.2, 0) is 14.4 Å². The van der Waals surface area contributed by atoms with Crippen LogP contribution in [-0.4, -0.2) is 96.0 Å². The Morgan fingerprint density at radius 2 is 1.70 bits per heavy atom. The van der Waals surface area contributed by atoms with Gasteiger partial charge in [-0.05, 0) is 59.9 Å². The highest BCUT2D eigenvalue weighted by atomic mass is 35.5. The van der Waals surface area contributed by atoms with Crippen LogP contribution in [0.25, 0.3) is 16.7 Å². The van der Waals surface area contributed by atoms with Crippen molar-refractivity contribution in [1.29, 1.82) is 0 Å². The number of β-lactam (4-membered cyclic amide) rings is 1. The van der Waals surface area contributed by atoms with Crippen LogP contribution in [0, 0.1) is 18.8 Å². The summed E-state index contributed by atoms with van der Waals surface area (Å²) < 4.78 is 1.53. The highest BCUT2D eigenvalue weighted by molar-refractivity contribution is 6.23. The number of amides is 2. The molecule has 3 N–H and O–H groups in total. The van der Waals surface area contributed by atoms with Gasteiger partial charge in [0.15, 0.2) is 12.3 Å². The van der Waals surface area contributed by atoms with Crippen molar-refractivity contribution < 1.29 is 46.3 Å². The molecule has 4 atom stereocenters. The average molecular weight is 607 g/mol. The lowest BCUT2D eigenvalue weighted by molar-refractivity contribution is -0.932. The number of aliphatic hydroxyl groups is 1. The van der Waals surface area contributed by atoms with Gasteiger partial charge in [-0.2, -0.15) is 0 Å². The number of ketones is 1. The third kappa shape index (κ3) is 3.96. The van der Waals surface area contributed by atoms with E-state index in [1.807, 2.05) is 38.1 Å². The maximum Gasteiger partial charge on any atom is 0.272 e. The van der Waals surface area contributed by atoms with Crippen molar-refractivity contribution in [2.75, 3.05) is 45.8 Å². The van der Waals surface area contributed by atoms with E-state index in [-0.39, 0.29) is 35.7 Å². The molecule has 0 saturated carbocycles. The molecule has 8 rings (SSSR count). The first-order valence-electron chi connectivity index (χ1n) is 14.7. The predicted octanol–water partition coefficient (Wildman–Crippen LogP) is -2.83. The molecule has 4 saturated heterocycles. The summed E-state index contributed by atoms with van der Waals surface area (Å²) in [5.74, 6) is -3.14. The fourth-order valence-corrected chi connectivity index (χ4v) is 8.62. The van der Waals surface area contributed by atoms with Crippen molar-refractivity contribution in [3.8, 4) is 11.1 Å². The number of benzene rings is 2. The Kier molecular flexibility index (Phi) is 6.67. The summed E-state index contributed by atoms with van der Waals surface area (Å²) >= 11 is 0. The van der Waals surface area contributed by atoms with Crippen LogP contribution in [0.4, 0.5) is 5.69 Å². The predicted molar refractivity (Wildman–Crippen MR) is 152 cm³/mol. The molecule has 6 aliphatic rings. The Bertz CT molecular complexity index is 1640. The van der Waals surface area contributed by atoms with Gasteiger partial charge in [-0.15, -0.1) is 0 Å². The molecule has 0 unspecified atom stereocenters. The topological polar surface area (TPSA) is 141 Å². The summed E-state index contributed by atoms with van der Waals surface area (Å²) in [7, 11) is 0. The highest BCUT2D eigenvalue weighted by Crippen LogP contribution is 2.52. The number of aryl methyl sites for hydroxylation is 1. The third-order valence-electron chi connectivity index (χ3n) is 10.8. The van der Waals surface area contributed by atoms with E-state index >= 15 is 0 Å². The number of nitrogens with two attached hydrogens (primary N) is 1. The van der Waals surface area contributed by atoms with Crippen molar-refractivity contribution in [3.05, 3.63) is 58.3 Å². The minimum absolute atomic E-state index is 0. The molecule has 1 aliphatic carbocycles. The van der Waals surface area contributed by atoms with Gasteiger partial charge in [0.25, 0.3) is 5.91 Å². The zero-order valence-corrected chi connectivity index (χ0v) is 25.2. The summed E-state index contributed by atoms with van der Waals surface area (Å²) in [6.45, 7) is 11.0. The van der Waals surface area contributed by atoms with Crippen LogP contribution < -0.4 is 27.7 Å². The summed E-state index contributed by atoms with van der Waals surface area (Å²) in [5, 5.41) is 22.5. The Hall–Kier alpha value is -3.57. The van der Waals surface area contributed by atoms with E-state index in [1.54, 1.807) is 6.92 Å². The van der Waals surface area contributed by atoms with Crippen LogP contribution in [0.1, 0.15) is 40.9 Å². The number of carbonyl (C=O) groups excluding carboxylic acids is 4. The molecule has 5 aliphatic heterocycles. The second-order valence-corrected chi connectivity index (χ2v) is 13.0. The van der Waals surface area contributed by atoms with Gasteiger partial charge < -0.3 is 42.5 Å². The number of fused-ring (bicyclic) bond motifs is 7. The molecule has 2 aromatic rings. The van der Waals surface area contributed by atoms with Crippen molar-refractivity contribution in [3.63, 3.8) is 0 Å². The lowest BCUT2D eigenvalue weighted by Gasteiger charge is -2.54. The van der Waals surface area contributed by atoms with E-state index in [0.717, 1.165) is 70.6 Å². The van der Waals surface area contributed by atoms with Gasteiger partial charge in [0.1, 0.15) is 45.0 Å². The lowest BCUT2D eigenvalue weighted by Crippen LogP contribution is -3.00. The monoisotopic (exact) mass is 606 g/mol. The average Bonchev–Trinajstić information content (AvgIpc) is 3.37. The molecule has 0 aromatic heterocycles. The Morgan fingerprint density at radius 3 is 2.28 bits per heavy atom. The van der Waals surface area contributed by atoms with Crippen molar-refractivity contribution in [2.45, 2.75) is 32.9 Å². The molecule has 0 spiro atoms. The van der Waals surface area contributed by atoms with Crippen LogP contribution in [0.3, 0.4) is 0 Å². The fourth-order valence-electron chi connectivity index (χ4n) is 8.62. The Balaban J connectivity index is 0.00000329. The second-order valence-electron chi connectivity index (χ2n) is 13.0. The number of carboxylic acid groups (broad SMARTS) is 1. The highest BCUT2D eigenvalue weighted by Gasteiger charge is 2.59. The first kappa shape index (κ1) is 29.5. The minimum atomic E-state index is -1.42. The minimum Gasteiger partial charge on any atom is -1.00 e. The van der Waals surface area contributed by atoms with Gasteiger partial charge in [-0.25, -0.2) is 0 Å². The van der Waals surface area contributed by atoms with Gasteiger partial charge in [0.05, 0.1) is 29.7 Å². The number of aliphatic carboxylic acids is 1. The maximum absolute atomic E-state index is 13.8. The van der Waals surface area contributed by atoms with Crippen LogP contribution in [0.5, 0.6) is 0 Å². The largest absolute Gasteiger partial charge is 1.00 e. The standard InChI is InChI=1S/C32H34N4O6.ClH/c1-16-12-19(26-17(2)28-27(18(3)37)31(40)34(28)29(26)32(41)42)13-22-21-5-4-20(14-23(21)30(39)25(16)22)36-9-6-35(7-10-36,8-11-36)15-24(33)38;/h4-5,12-14,17-18,27-28,37H,6-11,15H2,1-3H3,(H-2,33,38,41,42);1H/t17-,18+,27+,28+,35?,36?;/m0./s1. The number of rotatable bonds is 6. The number of primary amides is 1. The van der Waals surface area contributed by atoms with Crippen molar-refractivity contribution >= 4 is 34.8 Å². The second kappa shape index (κ2) is 9.72. The van der Waals surface area contributed by atoms with Crippen LogP contribution in [0.15, 0.2) is 36.0 Å². The van der Waals surface area contributed by atoms with Crippen molar-refractivity contribution in [2.24, 2.45) is 17.6 Å². The molecule has 10 nitrogen and oxygen atoms in total. The van der Waals surface area contributed by atoms with E-state index in [0.29, 0.717) is 28.8 Å². The van der Waals surface area contributed by atoms with Gasteiger partial charge in [-0.1, -0.05) is 13.0 Å². The van der Waals surface area contributed by atoms with E-state index in [9.17, 15) is 29.4 Å². The smallest absolute Gasteiger partial charge is 0.272 e. The van der Waals surface area contributed by atoms with Gasteiger partial charge >= 0.3 is 0 Å². The number of hydrogen-bond acceptors (Lipinski definition) is 6. The summed E-state index contributed by atoms with van der Waals surface area (Å²) in [6.07, 6.45) is -0.895. The SMILES string of the molecule is Cc1cc(C2=C(C(=O)[O-])N3C(=O)[C@H]([C@@H](C)O)[C@H]3[C@H]2C)cc2c1C(=O)c1cc([N+]34CC[N+](CC(N)=O)(CC3)CC4)ccc1-2.[Cl-]. The first-order valence-corrected chi connectivity index (χ1v) is 14.7. The maximum atomic E-state index is 13.8. The number of piperazine rings is 3. The summed E-state index contributed by atoms with van der Waals surface area (Å²) in [6, 6.07) is 9.39. The molecule has 5 heterocycles. The Labute approximate surface area is 255 Å². The van der Waals surface area contributed by atoms with Crippen molar-refractivity contribution in [1.82, 2.24) is 9.38 Å². The van der Waals surface area contributed by atoms with E-state index in [2.05, 4.69) is 6.07 Å². The number of carboxylic acids is 1. The number of halogens is 1. The number of aliphatic hydroxyl groups excluding tert-OH is 1. The molecular formula is C32H35ClN4O6. The summed E-state index contributed by atoms with van der Waals surface area (Å²) in [4.78, 5) is 51.9.